The predicted octanol–water partition coefficient (Wildman–Crippen LogP) is 4.52. The number of nitrogens with zero attached hydrogens (tertiary/aromatic N) is 5. The van der Waals surface area contributed by atoms with E-state index in [0.29, 0.717) is 41.8 Å². The van der Waals surface area contributed by atoms with Gasteiger partial charge in [0.15, 0.2) is 0 Å². The van der Waals surface area contributed by atoms with Crippen molar-refractivity contribution in [1.82, 2.24) is 24.3 Å². The van der Waals surface area contributed by atoms with Gasteiger partial charge in [-0.3, -0.25) is 9.36 Å². The van der Waals surface area contributed by atoms with Crippen LogP contribution in [-0.2, 0) is 13.0 Å². The lowest BCUT2D eigenvalue weighted by atomic mass is 9.86. The van der Waals surface area contributed by atoms with E-state index in [4.69, 9.17) is 4.74 Å². The number of hydrogen-bond acceptors (Lipinski definition) is 6. The highest BCUT2D eigenvalue weighted by molar-refractivity contribution is 6.07. The Hall–Kier alpha value is -3.56. The minimum Gasteiger partial charge on any atom is -0.490 e. The number of carbonyl (C=O) groups is 1. The fraction of sp³-hybridized carbons (Fsp3) is 0.519. The molecule has 1 saturated carbocycles. The van der Waals surface area contributed by atoms with Crippen molar-refractivity contribution in [2.75, 3.05) is 5.32 Å². The first-order chi connectivity index (χ1) is 17.8. The summed E-state index contributed by atoms with van der Waals surface area (Å²) in [5, 5.41) is 7.24. The van der Waals surface area contributed by atoms with Gasteiger partial charge in [0.05, 0.1) is 28.7 Å². The van der Waals surface area contributed by atoms with Gasteiger partial charge in [0.25, 0.3) is 5.91 Å². The molecule has 1 aromatic carbocycles. The second kappa shape index (κ2) is 10.4. The average Bonchev–Trinajstić information content (AvgIpc) is 3.23. The van der Waals surface area contributed by atoms with E-state index in [9.17, 15) is 9.59 Å². The van der Waals surface area contributed by atoms with Crippen LogP contribution in [0.5, 0.6) is 5.75 Å². The first-order valence-corrected chi connectivity index (χ1v) is 13.1. The highest BCUT2D eigenvalue weighted by atomic mass is 19.1. The number of fused-ring (bicyclic) bond motifs is 1. The summed E-state index contributed by atoms with van der Waals surface area (Å²) in [5.41, 5.74) is 1.32. The van der Waals surface area contributed by atoms with Gasteiger partial charge in [-0.25, -0.2) is 19.2 Å². The maximum atomic E-state index is 15.5. The van der Waals surface area contributed by atoms with Crippen LogP contribution in [0.2, 0.25) is 0 Å². The van der Waals surface area contributed by atoms with E-state index < -0.39 is 11.7 Å². The van der Waals surface area contributed by atoms with Crippen LogP contribution in [0.3, 0.4) is 0 Å². The summed E-state index contributed by atoms with van der Waals surface area (Å²) in [6.07, 6.45) is 9.33. The Morgan fingerprint density at radius 2 is 1.84 bits per heavy atom. The largest absolute Gasteiger partial charge is 0.490 e. The van der Waals surface area contributed by atoms with Crippen molar-refractivity contribution in [3.63, 3.8) is 0 Å². The number of aromatic nitrogens is 5. The third kappa shape index (κ3) is 5.01. The van der Waals surface area contributed by atoms with Crippen LogP contribution in [-0.4, -0.2) is 36.3 Å². The minimum absolute atomic E-state index is 0.0234. The molecule has 1 aliphatic carbocycles. The van der Waals surface area contributed by atoms with Crippen LogP contribution in [0.25, 0.3) is 5.69 Å². The number of benzene rings is 1. The summed E-state index contributed by atoms with van der Waals surface area (Å²) in [6.45, 7) is 6.09. The normalized spacial score (nSPS) is 16.8. The molecule has 3 aromatic rings. The zero-order valence-electron chi connectivity index (χ0n) is 21.6. The summed E-state index contributed by atoms with van der Waals surface area (Å²) in [7, 11) is 0. The van der Waals surface area contributed by atoms with Gasteiger partial charge in [-0.05, 0) is 58.4 Å². The highest BCUT2D eigenvalue weighted by Gasteiger charge is 2.27. The van der Waals surface area contributed by atoms with Crippen LogP contribution < -0.4 is 15.7 Å². The van der Waals surface area contributed by atoms with Gasteiger partial charge in [-0.2, -0.15) is 4.68 Å². The van der Waals surface area contributed by atoms with Crippen LogP contribution >= 0.6 is 0 Å². The molecule has 3 heterocycles. The molecule has 1 fully saturated rings. The molecule has 10 heteroatoms. The molecule has 0 radical (unpaired) electrons. The molecule has 37 heavy (non-hydrogen) atoms. The Labute approximate surface area is 215 Å². The number of ether oxygens (including phenoxy) is 1. The molecule has 196 valence electrons. The molecule has 9 nitrogen and oxygen atoms in total. The molecule has 1 N–H and O–H groups in total. The van der Waals surface area contributed by atoms with Crippen molar-refractivity contribution >= 4 is 11.6 Å². The molecule has 1 aliphatic heterocycles. The van der Waals surface area contributed by atoms with E-state index in [0.717, 1.165) is 49.3 Å². The van der Waals surface area contributed by atoms with E-state index in [1.165, 1.54) is 18.8 Å². The van der Waals surface area contributed by atoms with E-state index in [1.807, 2.05) is 6.92 Å². The summed E-state index contributed by atoms with van der Waals surface area (Å²) in [6, 6.07) is 2.57. The zero-order valence-corrected chi connectivity index (χ0v) is 21.6. The topological polar surface area (TPSA) is 104 Å². The van der Waals surface area contributed by atoms with E-state index in [-0.39, 0.29) is 28.8 Å². The molecule has 0 bridgehead atoms. The second-order valence-electron chi connectivity index (χ2n) is 10.1. The third-order valence-electron chi connectivity index (χ3n) is 7.58. The maximum Gasteiger partial charge on any atom is 0.350 e. The fourth-order valence-corrected chi connectivity index (χ4v) is 5.39. The molecular formula is C27H33FN6O3. The molecule has 0 spiro atoms. The Bertz CT molecular complexity index is 1350. The first kappa shape index (κ1) is 25.1. The molecule has 2 aromatic heterocycles. The molecule has 1 atom stereocenters. The van der Waals surface area contributed by atoms with Crippen LogP contribution in [0.1, 0.15) is 79.4 Å². The van der Waals surface area contributed by atoms with Crippen LogP contribution in [0.4, 0.5) is 10.1 Å². The van der Waals surface area contributed by atoms with Crippen molar-refractivity contribution < 1.29 is 13.9 Å². The standard InChI is InChI=1S/C27H33FN6O3/c1-16-25(17(2)30-15-29-16)31-26(35)20-13-21(28)22(34-27(36)33-12-8-7-11-24(33)32-34)14-23(20)37-18(3)19-9-5-4-6-10-19/h13-15,18-19H,4-12H2,1-3H3,(H,31,35). The number of aryl methyl sites for hydroxylation is 3. The number of carbonyl (C=O) groups excluding carboxylic acids is 1. The zero-order chi connectivity index (χ0) is 26.1. The Balaban J connectivity index is 1.55. The number of amides is 1. The average molecular weight is 509 g/mol. The van der Waals surface area contributed by atoms with Crippen molar-refractivity contribution in [2.24, 2.45) is 5.92 Å². The van der Waals surface area contributed by atoms with Crippen molar-refractivity contribution in [3.05, 3.63) is 57.5 Å². The van der Waals surface area contributed by atoms with Gasteiger partial charge in [0, 0.05) is 19.0 Å². The molecule has 2 aliphatic rings. The third-order valence-corrected chi connectivity index (χ3v) is 7.58. The predicted molar refractivity (Wildman–Crippen MR) is 137 cm³/mol. The Morgan fingerprint density at radius 1 is 1.11 bits per heavy atom. The van der Waals surface area contributed by atoms with Gasteiger partial charge in [0.2, 0.25) is 0 Å². The summed E-state index contributed by atoms with van der Waals surface area (Å²) in [5.74, 6) is -0.0535. The summed E-state index contributed by atoms with van der Waals surface area (Å²) >= 11 is 0. The van der Waals surface area contributed by atoms with E-state index in [1.54, 1.807) is 18.4 Å². The summed E-state index contributed by atoms with van der Waals surface area (Å²) < 4.78 is 24.6. The smallest absolute Gasteiger partial charge is 0.350 e. The van der Waals surface area contributed by atoms with E-state index in [2.05, 4.69) is 20.4 Å². The van der Waals surface area contributed by atoms with Gasteiger partial charge >= 0.3 is 5.69 Å². The molecular weight excluding hydrogens is 475 g/mol. The molecule has 1 amide bonds. The van der Waals surface area contributed by atoms with Gasteiger partial charge in [-0.15, -0.1) is 5.10 Å². The number of halogens is 1. The van der Waals surface area contributed by atoms with Crippen molar-refractivity contribution in [2.45, 2.75) is 84.8 Å². The molecule has 5 rings (SSSR count). The van der Waals surface area contributed by atoms with E-state index >= 15 is 4.39 Å². The van der Waals surface area contributed by atoms with Crippen molar-refractivity contribution in [1.29, 1.82) is 0 Å². The quantitative estimate of drug-likeness (QED) is 0.525. The fourth-order valence-electron chi connectivity index (χ4n) is 5.39. The maximum absolute atomic E-state index is 15.5. The SMILES string of the molecule is Cc1ncnc(C)c1NC(=O)c1cc(F)c(-n2nc3n(c2=O)CCCC3)cc1OC(C)C1CCCCC1. The van der Waals surface area contributed by atoms with Crippen molar-refractivity contribution in [3.8, 4) is 11.4 Å². The number of anilines is 1. The Kier molecular flexibility index (Phi) is 7.08. The summed E-state index contributed by atoms with van der Waals surface area (Å²) in [4.78, 5) is 34.8. The molecule has 1 unspecified atom stereocenters. The monoisotopic (exact) mass is 508 g/mol. The van der Waals surface area contributed by atoms with Crippen LogP contribution in [0, 0.1) is 25.6 Å². The minimum atomic E-state index is -0.724. The Morgan fingerprint density at radius 3 is 2.54 bits per heavy atom. The van der Waals surface area contributed by atoms with Gasteiger partial charge in [-0.1, -0.05) is 19.3 Å². The lowest BCUT2D eigenvalue weighted by Crippen LogP contribution is -2.28. The second-order valence-corrected chi connectivity index (χ2v) is 10.1. The van der Waals surface area contributed by atoms with Crippen LogP contribution in [0.15, 0.2) is 23.3 Å². The number of rotatable bonds is 6. The first-order valence-electron chi connectivity index (χ1n) is 13.1. The lowest BCUT2D eigenvalue weighted by Gasteiger charge is -2.29. The van der Waals surface area contributed by atoms with Gasteiger partial charge in [0.1, 0.15) is 29.4 Å². The molecule has 0 saturated heterocycles. The highest BCUT2D eigenvalue weighted by Crippen LogP contribution is 2.32. The number of nitrogens with one attached hydrogen (secondary N) is 1. The number of hydrogen-bond donors (Lipinski definition) is 1. The van der Waals surface area contributed by atoms with Gasteiger partial charge < -0.3 is 10.1 Å². The lowest BCUT2D eigenvalue weighted by molar-refractivity contribution is 0.0996.